The van der Waals surface area contributed by atoms with E-state index in [1.165, 1.54) is 5.56 Å². The number of imidazole rings is 1. The molecule has 0 amide bonds. The average Bonchev–Trinajstić information content (AvgIpc) is 2.94. The molecular formula is C19H11IN2O. The van der Waals surface area contributed by atoms with Gasteiger partial charge in [0.2, 0.25) is 0 Å². The lowest BCUT2D eigenvalue weighted by Gasteiger charge is -2.10. The molecule has 5 aromatic rings. The second kappa shape index (κ2) is 4.41. The zero-order valence-electron chi connectivity index (χ0n) is 12.3. The van der Waals surface area contributed by atoms with Gasteiger partial charge < -0.3 is 0 Å². The van der Waals surface area contributed by atoms with E-state index >= 15 is 0 Å². The summed E-state index contributed by atoms with van der Waals surface area (Å²) in [7, 11) is 0. The molecule has 4 heteroatoms. The normalized spacial score (nSPS) is 12.1. The maximum absolute atomic E-state index is 13.1. The van der Waals surface area contributed by atoms with Crippen LogP contribution < -0.4 is 5.56 Å². The molecule has 3 nitrogen and oxygen atoms in total. The predicted molar refractivity (Wildman–Crippen MR) is 103 cm³/mol. The molecule has 0 aliphatic heterocycles. The molecular weight excluding hydrogens is 399 g/mol. The summed E-state index contributed by atoms with van der Waals surface area (Å²) >= 11 is 2.34. The number of hydrogen-bond acceptors (Lipinski definition) is 2. The van der Waals surface area contributed by atoms with Gasteiger partial charge in [0.1, 0.15) is 5.65 Å². The Morgan fingerprint density at radius 3 is 2.61 bits per heavy atom. The Morgan fingerprint density at radius 2 is 1.74 bits per heavy atom. The third-order valence-corrected chi connectivity index (χ3v) is 5.45. The van der Waals surface area contributed by atoms with Gasteiger partial charge in [-0.1, -0.05) is 18.2 Å². The third-order valence-electron chi connectivity index (χ3n) is 4.55. The van der Waals surface area contributed by atoms with Gasteiger partial charge in [-0.2, -0.15) is 0 Å². The van der Waals surface area contributed by atoms with Crippen molar-refractivity contribution in [1.29, 1.82) is 0 Å². The minimum Gasteiger partial charge on any atom is -0.268 e. The first-order valence-corrected chi connectivity index (χ1v) is 8.49. The zero-order chi connectivity index (χ0) is 15.7. The molecule has 3 aromatic carbocycles. The van der Waals surface area contributed by atoms with Crippen molar-refractivity contribution >= 4 is 60.8 Å². The van der Waals surface area contributed by atoms with E-state index in [0.717, 1.165) is 41.8 Å². The highest BCUT2D eigenvalue weighted by Crippen LogP contribution is 2.33. The lowest BCUT2D eigenvalue weighted by Crippen LogP contribution is -2.13. The minimum atomic E-state index is 0.00759. The molecule has 0 saturated carbocycles. The van der Waals surface area contributed by atoms with Crippen LogP contribution in [0.5, 0.6) is 0 Å². The molecule has 2 aromatic heterocycles. The highest BCUT2D eigenvalue weighted by molar-refractivity contribution is 14.1. The number of aryl methyl sites for hydroxylation is 1. The van der Waals surface area contributed by atoms with Crippen LogP contribution in [0, 0.1) is 10.5 Å². The maximum atomic E-state index is 13.1. The van der Waals surface area contributed by atoms with E-state index < -0.39 is 0 Å². The van der Waals surface area contributed by atoms with Crippen LogP contribution >= 0.6 is 22.6 Å². The quantitative estimate of drug-likeness (QED) is 0.352. The predicted octanol–water partition coefficient (Wildman–Crippen LogP) is 4.50. The fraction of sp³-hybridized carbons (Fsp3) is 0.0526. The Labute approximate surface area is 145 Å². The lowest BCUT2D eigenvalue weighted by molar-refractivity contribution is 1.19. The monoisotopic (exact) mass is 410 g/mol. The maximum Gasteiger partial charge on any atom is 0.264 e. The van der Waals surface area contributed by atoms with Gasteiger partial charge in [0.25, 0.3) is 5.56 Å². The highest BCUT2D eigenvalue weighted by Gasteiger charge is 2.17. The first kappa shape index (κ1) is 13.2. The molecule has 0 N–H and O–H groups in total. The summed E-state index contributed by atoms with van der Waals surface area (Å²) in [5.74, 6) is 0. The number of pyridine rings is 1. The lowest BCUT2D eigenvalue weighted by atomic mass is 9.99. The number of rotatable bonds is 0. The van der Waals surface area contributed by atoms with Crippen molar-refractivity contribution in [3.8, 4) is 0 Å². The van der Waals surface area contributed by atoms with Crippen LogP contribution in [-0.2, 0) is 0 Å². The minimum absolute atomic E-state index is 0.00759. The van der Waals surface area contributed by atoms with Gasteiger partial charge in [0, 0.05) is 19.7 Å². The second-order valence-corrected chi connectivity index (χ2v) is 7.00. The van der Waals surface area contributed by atoms with E-state index in [2.05, 4.69) is 41.6 Å². The van der Waals surface area contributed by atoms with Gasteiger partial charge >= 0.3 is 0 Å². The smallest absolute Gasteiger partial charge is 0.264 e. The van der Waals surface area contributed by atoms with Gasteiger partial charge in [0.05, 0.1) is 11.0 Å². The topological polar surface area (TPSA) is 34.4 Å². The van der Waals surface area contributed by atoms with Crippen molar-refractivity contribution in [3.05, 3.63) is 68.0 Å². The molecule has 110 valence electrons. The van der Waals surface area contributed by atoms with Crippen molar-refractivity contribution in [1.82, 2.24) is 9.38 Å². The van der Waals surface area contributed by atoms with Gasteiger partial charge in [-0.15, -0.1) is 0 Å². The van der Waals surface area contributed by atoms with Gasteiger partial charge in [-0.05, 0) is 70.8 Å². The summed E-state index contributed by atoms with van der Waals surface area (Å²) in [5, 5.41) is 3.99. The number of nitrogens with zero attached hydrogens (tertiary/aromatic N) is 2. The van der Waals surface area contributed by atoms with Crippen LogP contribution in [0.25, 0.3) is 38.2 Å². The standard InChI is InChI=1S/C19H11IN2O/c1-10-6-7-12-17-11(8-9-13(20)16(10)17)18-21-14-4-2-3-5-15(14)22(18)19(12)23/h2-9H,1H3. The van der Waals surface area contributed by atoms with E-state index in [0.29, 0.717) is 0 Å². The summed E-state index contributed by atoms with van der Waals surface area (Å²) < 4.78 is 2.91. The van der Waals surface area contributed by atoms with Crippen molar-refractivity contribution < 1.29 is 0 Å². The highest BCUT2D eigenvalue weighted by atomic mass is 127. The van der Waals surface area contributed by atoms with Crippen LogP contribution in [0.3, 0.4) is 0 Å². The van der Waals surface area contributed by atoms with Crippen LogP contribution in [0.15, 0.2) is 53.3 Å². The van der Waals surface area contributed by atoms with Crippen molar-refractivity contribution in [2.75, 3.05) is 0 Å². The molecule has 0 unspecified atom stereocenters. The first-order valence-electron chi connectivity index (χ1n) is 7.41. The second-order valence-electron chi connectivity index (χ2n) is 5.84. The summed E-state index contributed by atoms with van der Waals surface area (Å²) in [5.41, 5.74) is 3.66. The van der Waals surface area contributed by atoms with E-state index in [1.807, 2.05) is 36.4 Å². The van der Waals surface area contributed by atoms with Gasteiger partial charge in [0.15, 0.2) is 0 Å². The molecule has 0 fully saturated rings. The molecule has 0 atom stereocenters. The van der Waals surface area contributed by atoms with Crippen LogP contribution in [0.4, 0.5) is 0 Å². The van der Waals surface area contributed by atoms with Gasteiger partial charge in [-0.3, -0.25) is 9.20 Å². The molecule has 0 aliphatic rings. The fourth-order valence-corrected chi connectivity index (χ4v) is 4.39. The Hall–Kier alpha value is -2.21. The summed E-state index contributed by atoms with van der Waals surface area (Å²) in [4.78, 5) is 17.8. The van der Waals surface area contributed by atoms with Gasteiger partial charge in [-0.25, -0.2) is 4.98 Å². The van der Waals surface area contributed by atoms with E-state index in [1.54, 1.807) is 4.40 Å². The molecule has 0 spiro atoms. The fourth-order valence-electron chi connectivity index (χ4n) is 3.51. The molecule has 0 bridgehead atoms. The molecule has 5 rings (SSSR count). The zero-order valence-corrected chi connectivity index (χ0v) is 14.5. The first-order chi connectivity index (χ1) is 11.2. The Kier molecular flexibility index (Phi) is 2.54. The molecule has 0 saturated heterocycles. The van der Waals surface area contributed by atoms with Crippen molar-refractivity contribution in [2.24, 2.45) is 0 Å². The summed E-state index contributed by atoms with van der Waals surface area (Å²) in [6.07, 6.45) is 0. The largest absolute Gasteiger partial charge is 0.268 e. The van der Waals surface area contributed by atoms with Crippen molar-refractivity contribution in [2.45, 2.75) is 6.92 Å². The summed E-state index contributed by atoms with van der Waals surface area (Å²) in [6, 6.07) is 16.0. The van der Waals surface area contributed by atoms with E-state index in [4.69, 9.17) is 4.98 Å². The summed E-state index contributed by atoms with van der Waals surface area (Å²) in [6.45, 7) is 2.09. The number of benzene rings is 3. The Morgan fingerprint density at radius 1 is 0.957 bits per heavy atom. The number of aromatic nitrogens is 2. The van der Waals surface area contributed by atoms with E-state index in [9.17, 15) is 4.79 Å². The van der Waals surface area contributed by atoms with Crippen LogP contribution in [0.2, 0.25) is 0 Å². The number of para-hydroxylation sites is 2. The van der Waals surface area contributed by atoms with E-state index in [-0.39, 0.29) is 5.56 Å². The third kappa shape index (κ3) is 1.59. The van der Waals surface area contributed by atoms with Crippen LogP contribution in [0.1, 0.15) is 5.56 Å². The molecule has 0 radical (unpaired) electrons. The average molecular weight is 410 g/mol. The van der Waals surface area contributed by atoms with Crippen molar-refractivity contribution in [3.63, 3.8) is 0 Å². The number of halogens is 1. The molecule has 2 heterocycles. The Bertz CT molecular complexity index is 1300. The molecule has 23 heavy (non-hydrogen) atoms. The number of hydrogen-bond donors (Lipinski definition) is 0. The number of fused-ring (bicyclic) bond motifs is 4. The SMILES string of the molecule is Cc1ccc2c(=O)n3c4ccccc4nc3c3ccc(I)c1c23. The molecule has 0 aliphatic carbocycles. The van der Waals surface area contributed by atoms with Crippen LogP contribution in [-0.4, -0.2) is 9.38 Å². The Balaban J connectivity index is 2.24.